The first-order valence-corrected chi connectivity index (χ1v) is 13.3. The number of unbranched alkanes of at least 4 members (excludes halogenated alkanes) is 6. The molecule has 2 rings (SSSR count). The van der Waals surface area contributed by atoms with Crippen LogP contribution in [-0.4, -0.2) is 38.9 Å². The Morgan fingerprint density at radius 2 is 1.55 bits per heavy atom. The van der Waals surface area contributed by atoms with Gasteiger partial charge in [-0.2, -0.15) is 22.0 Å². The molecule has 1 aromatic carbocycles. The van der Waals surface area contributed by atoms with Crippen molar-refractivity contribution >= 4 is 10.0 Å². The van der Waals surface area contributed by atoms with Crippen LogP contribution >= 0.6 is 0 Å². The van der Waals surface area contributed by atoms with E-state index in [0.29, 0.717) is 6.42 Å². The van der Waals surface area contributed by atoms with Gasteiger partial charge in [-0.05, 0) is 50.2 Å². The SMILES string of the molecule is O=S(=O)(CCCC(F)(F)C(F)(F)F)NCCCCCCCCCC1CCc2ccccc2O1. The normalized spacial score (nSPS) is 16.9. The summed E-state index contributed by atoms with van der Waals surface area (Å²) in [7, 11) is -3.85. The van der Waals surface area contributed by atoms with E-state index in [1.165, 1.54) is 5.56 Å². The molecule has 1 aliphatic rings. The predicted molar refractivity (Wildman–Crippen MR) is 118 cm³/mol. The number of nitrogens with one attached hydrogen (secondary N) is 1. The van der Waals surface area contributed by atoms with Gasteiger partial charge in [0.05, 0.1) is 11.9 Å². The van der Waals surface area contributed by atoms with Crippen LogP contribution in [0.2, 0.25) is 0 Å². The van der Waals surface area contributed by atoms with Crippen molar-refractivity contribution in [3.63, 3.8) is 0 Å². The highest BCUT2D eigenvalue weighted by Gasteiger charge is 2.56. The summed E-state index contributed by atoms with van der Waals surface area (Å²) < 4.78 is 93.6. The van der Waals surface area contributed by atoms with Gasteiger partial charge in [-0.15, -0.1) is 0 Å². The third kappa shape index (κ3) is 10.2. The minimum absolute atomic E-state index is 0.165. The van der Waals surface area contributed by atoms with Crippen LogP contribution in [0.1, 0.15) is 76.2 Å². The van der Waals surface area contributed by atoms with Crippen LogP contribution in [0.4, 0.5) is 22.0 Å². The van der Waals surface area contributed by atoms with Gasteiger partial charge in [0.25, 0.3) is 0 Å². The summed E-state index contributed by atoms with van der Waals surface area (Å²) in [5.74, 6) is -4.60. The highest BCUT2D eigenvalue weighted by molar-refractivity contribution is 7.89. The van der Waals surface area contributed by atoms with Crippen molar-refractivity contribution in [3.8, 4) is 5.75 Å². The molecule has 33 heavy (non-hydrogen) atoms. The lowest BCUT2D eigenvalue weighted by molar-refractivity contribution is -0.284. The first kappa shape index (κ1) is 27.8. The number of fused-ring (bicyclic) bond motifs is 1. The van der Waals surface area contributed by atoms with Gasteiger partial charge in [-0.1, -0.05) is 50.3 Å². The van der Waals surface area contributed by atoms with E-state index >= 15 is 0 Å². The van der Waals surface area contributed by atoms with Gasteiger partial charge in [0, 0.05) is 13.0 Å². The number of para-hydroxylation sites is 1. The molecule has 190 valence electrons. The molecule has 0 aromatic heterocycles. The maximum Gasteiger partial charge on any atom is 0.453 e. The number of aryl methyl sites for hydroxylation is 1. The Bertz CT molecular complexity index is 815. The molecule has 0 bridgehead atoms. The van der Waals surface area contributed by atoms with Gasteiger partial charge in [0.15, 0.2) is 0 Å². The van der Waals surface area contributed by atoms with Gasteiger partial charge in [-0.25, -0.2) is 13.1 Å². The molecule has 1 unspecified atom stereocenters. The van der Waals surface area contributed by atoms with Crippen molar-refractivity contribution in [2.45, 2.75) is 95.3 Å². The Balaban J connectivity index is 1.44. The first-order valence-electron chi connectivity index (χ1n) is 11.7. The molecule has 1 atom stereocenters. The van der Waals surface area contributed by atoms with Gasteiger partial charge >= 0.3 is 12.1 Å². The average Bonchev–Trinajstić information content (AvgIpc) is 2.73. The molecule has 0 fully saturated rings. The van der Waals surface area contributed by atoms with E-state index in [1.54, 1.807) is 0 Å². The Morgan fingerprint density at radius 1 is 0.909 bits per heavy atom. The monoisotopic (exact) mass is 499 g/mol. The molecule has 1 heterocycles. The van der Waals surface area contributed by atoms with Gasteiger partial charge < -0.3 is 4.74 Å². The standard InChI is InChI=1S/C23H34F5NO3S/c24-22(25,23(26,27)28)16-10-18-33(30,31)29-17-9-5-3-1-2-4-6-12-20-15-14-19-11-7-8-13-21(19)32-20/h7-8,11,13,20,29H,1-6,9-10,12,14-18H2. The third-order valence-corrected chi connectivity index (χ3v) is 7.32. The van der Waals surface area contributed by atoms with E-state index in [9.17, 15) is 30.4 Å². The molecule has 1 aliphatic heterocycles. The zero-order chi connectivity index (χ0) is 24.4. The second-order valence-electron chi connectivity index (χ2n) is 8.67. The van der Waals surface area contributed by atoms with Crippen molar-refractivity contribution in [2.24, 2.45) is 0 Å². The van der Waals surface area contributed by atoms with Crippen molar-refractivity contribution in [3.05, 3.63) is 29.8 Å². The fourth-order valence-electron chi connectivity index (χ4n) is 3.89. The number of alkyl halides is 5. The Labute approximate surface area is 193 Å². The molecule has 0 radical (unpaired) electrons. The van der Waals surface area contributed by atoms with Crippen molar-refractivity contribution in [1.29, 1.82) is 0 Å². The Hall–Kier alpha value is -1.42. The number of benzene rings is 1. The van der Waals surface area contributed by atoms with Crippen LogP contribution in [0.5, 0.6) is 5.75 Å². The van der Waals surface area contributed by atoms with Gasteiger partial charge in [0.1, 0.15) is 5.75 Å². The Kier molecular flexibility index (Phi) is 10.9. The van der Waals surface area contributed by atoms with Crippen LogP contribution in [0.3, 0.4) is 0 Å². The van der Waals surface area contributed by atoms with E-state index < -0.39 is 40.7 Å². The zero-order valence-corrected chi connectivity index (χ0v) is 19.6. The molecular weight excluding hydrogens is 465 g/mol. The summed E-state index contributed by atoms with van der Waals surface area (Å²) in [5.41, 5.74) is 1.28. The maximum atomic E-state index is 12.8. The van der Waals surface area contributed by atoms with Gasteiger partial charge in [-0.3, -0.25) is 0 Å². The van der Waals surface area contributed by atoms with Crippen LogP contribution in [0, 0.1) is 0 Å². The zero-order valence-electron chi connectivity index (χ0n) is 18.8. The number of hydrogen-bond acceptors (Lipinski definition) is 3. The summed E-state index contributed by atoms with van der Waals surface area (Å²) in [6, 6.07) is 8.15. The molecule has 1 aromatic rings. The highest BCUT2D eigenvalue weighted by atomic mass is 32.2. The number of halogens is 5. The lowest BCUT2D eigenvalue weighted by atomic mass is 9.98. The predicted octanol–water partition coefficient (Wildman–Crippen LogP) is 6.40. The average molecular weight is 500 g/mol. The third-order valence-electron chi connectivity index (χ3n) is 5.85. The van der Waals surface area contributed by atoms with Crippen molar-refractivity contribution in [1.82, 2.24) is 4.72 Å². The van der Waals surface area contributed by atoms with Crippen LogP contribution in [0.15, 0.2) is 24.3 Å². The van der Waals surface area contributed by atoms with Crippen LogP contribution in [0.25, 0.3) is 0 Å². The fraction of sp³-hybridized carbons (Fsp3) is 0.739. The number of ether oxygens (including phenoxy) is 1. The minimum atomic E-state index is -5.65. The van der Waals surface area contributed by atoms with Gasteiger partial charge in [0.2, 0.25) is 10.0 Å². The van der Waals surface area contributed by atoms with E-state index in [1.807, 2.05) is 18.2 Å². The minimum Gasteiger partial charge on any atom is -0.490 e. The second kappa shape index (κ2) is 12.9. The second-order valence-corrected chi connectivity index (χ2v) is 10.6. The fourth-order valence-corrected chi connectivity index (χ4v) is 5.01. The molecule has 0 saturated heterocycles. The van der Waals surface area contributed by atoms with Crippen molar-refractivity contribution < 1.29 is 35.1 Å². The summed E-state index contributed by atoms with van der Waals surface area (Å²) in [5, 5.41) is 0. The Morgan fingerprint density at radius 3 is 2.24 bits per heavy atom. The van der Waals surface area contributed by atoms with Crippen molar-refractivity contribution in [2.75, 3.05) is 12.3 Å². The first-order chi connectivity index (χ1) is 15.5. The summed E-state index contributed by atoms with van der Waals surface area (Å²) in [4.78, 5) is 0. The quantitative estimate of drug-likeness (QED) is 0.224. The summed E-state index contributed by atoms with van der Waals surface area (Å²) in [6.45, 7) is 0.165. The largest absolute Gasteiger partial charge is 0.490 e. The number of hydrogen-bond donors (Lipinski definition) is 1. The molecule has 4 nitrogen and oxygen atoms in total. The molecule has 1 N–H and O–H groups in total. The lowest BCUT2D eigenvalue weighted by Gasteiger charge is -2.26. The molecule has 0 amide bonds. The topological polar surface area (TPSA) is 55.4 Å². The number of sulfonamides is 1. The van der Waals surface area contributed by atoms with E-state index in [4.69, 9.17) is 4.74 Å². The van der Waals surface area contributed by atoms with Crippen LogP contribution < -0.4 is 9.46 Å². The summed E-state index contributed by atoms with van der Waals surface area (Å²) in [6.07, 6.45) is 2.29. The van der Waals surface area contributed by atoms with E-state index in [0.717, 1.165) is 63.5 Å². The molecular formula is C23H34F5NO3S. The number of rotatable bonds is 15. The maximum absolute atomic E-state index is 12.8. The summed E-state index contributed by atoms with van der Waals surface area (Å²) >= 11 is 0. The molecule has 0 aliphatic carbocycles. The van der Waals surface area contributed by atoms with E-state index in [2.05, 4.69) is 10.8 Å². The molecule has 10 heteroatoms. The smallest absolute Gasteiger partial charge is 0.453 e. The highest BCUT2D eigenvalue weighted by Crippen LogP contribution is 2.38. The van der Waals surface area contributed by atoms with Crippen LogP contribution in [-0.2, 0) is 16.4 Å². The lowest BCUT2D eigenvalue weighted by Crippen LogP contribution is -2.37. The van der Waals surface area contributed by atoms with E-state index in [-0.39, 0.29) is 12.6 Å². The molecule has 0 spiro atoms. The molecule has 0 saturated carbocycles.